The van der Waals surface area contributed by atoms with Crippen molar-refractivity contribution in [3.8, 4) is 0 Å². The van der Waals surface area contributed by atoms with E-state index < -0.39 is 5.91 Å². The zero-order chi connectivity index (χ0) is 11.4. The fourth-order valence-corrected chi connectivity index (χ4v) is 1.47. The Morgan fingerprint density at radius 1 is 1.31 bits per heavy atom. The second-order valence-corrected chi connectivity index (χ2v) is 3.23. The Bertz CT molecular complexity index is 544. The van der Waals surface area contributed by atoms with Crippen molar-refractivity contribution in [2.24, 2.45) is 0 Å². The van der Waals surface area contributed by atoms with Gasteiger partial charge in [-0.2, -0.15) is 0 Å². The van der Waals surface area contributed by atoms with Gasteiger partial charge in [0.2, 0.25) is 0 Å². The number of hydrogen-bond donors (Lipinski definition) is 2. The van der Waals surface area contributed by atoms with Gasteiger partial charge in [0.25, 0.3) is 5.91 Å². The summed E-state index contributed by atoms with van der Waals surface area (Å²) < 4.78 is 0. The van der Waals surface area contributed by atoms with Crippen molar-refractivity contribution in [1.29, 1.82) is 0 Å². The van der Waals surface area contributed by atoms with Crippen LogP contribution < -0.4 is 5.48 Å². The third-order valence-electron chi connectivity index (χ3n) is 2.19. The Labute approximate surface area is 92.2 Å². The van der Waals surface area contributed by atoms with Gasteiger partial charge < -0.3 is 0 Å². The number of amides is 1. The van der Waals surface area contributed by atoms with Crippen LogP contribution in [0.15, 0.2) is 42.6 Å². The van der Waals surface area contributed by atoms with E-state index in [-0.39, 0.29) is 0 Å². The Morgan fingerprint density at radius 2 is 2.12 bits per heavy atom. The molecule has 0 atom stereocenters. The van der Waals surface area contributed by atoms with Gasteiger partial charge in [0, 0.05) is 23.2 Å². The molecular weight excluding hydrogens is 204 g/mol. The molecule has 4 heteroatoms. The van der Waals surface area contributed by atoms with Crippen LogP contribution in [0.25, 0.3) is 17.0 Å². The van der Waals surface area contributed by atoms with E-state index in [1.54, 1.807) is 12.3 Å². The van der Waals surface area contributed by atoms with Crippen LogP contribution in [0.5, 0.6) is 0 Å². The number of nitrogens with one attached hydrogen (secondary N) is 1. The number of nitrogens with zero attached hydrogens (tertiary/aromatic N) is 1. The van der Waals surface area contributed by atoms with Gasteiger partial charge in [0.1, 0.15) is 0 Å². The van der Waals surface area contributed by atoms with Crippen molar-refractivity contribution in [2.75, 3.05) is 0 Å². The first kappa shape index (κ1) is 10.3. The SMILES string of the molecule is O=C(C=Cc1cccc2cccnc12)NO. The zero-order valence-electron chi connectivity index (χ0n) is 8.42. The van der Waals surface area contributed by atoms with E-state index in [9.17, 15) is 4.79 Å². The summed E-state index contributed by atoms with van der Waals surface area (Å²) in [6.45, 7) is 0. The lowest BCUT2D eigenvalue weighted by atomic mass is 10.1. The van der Waals surface area contributed by atoms with Gasteiger partial charge in [0.05, 0.1) is 5.52 Å². The third-order valence-corrected chi connectivity index (χ3v) is 2.19. The Hall–Kier alpha value is -2.20. The van der Waals surface area contributed by atoms with E-state index in [0.29, 0.717) is 0 Å². The van der Waals surface area contributed by atoms with Gasteiger partial charge in [-0.3, -0.25) is 15.0 Å². The maximum atomic E-state index is 10.9. The Balaban J connectivity index is 2.45. The maximum absolute atomic E-state index is 10.9. The lowest BCUT2D eigenvalue weighted by Gasteiger charge is -2.00. The quantitative estimate of drug-likeness (QED) is 0.455. The fourth-order valence-electron chi connectivity index (χ4n) is 1.47. The first-order chi connectivity index (χ1) is 7.81. The van der Waals surface area contributed by atoms with Crippen LogP contribution in [0.3, 0.4) is 0 Å². The molecule has 80 valence electrons. The highest BCUT2D eigenvalue weighted by atomic mass is 16.5. The summed E-state index contributed by atoms with van der Waals surface area (Å²) in [6.07, 6.45) is 4.57. The summed E-state index contributed by atoms with van der Waals surface area (Å²) >= 11 is 0. The molecule has 1 heterocycles. The van der Waals surface area contributed by atoms with Crippen LogP contribution in [0.4, 0.5) is 0 Å². The number of carbonyl (C=O) groups is 1. The lowest BCUT2D eigenvalue weighted by Crippen LogP contribution is -2.14. The molecule has 1 aromatic carbocycles. The summed E-state index contributed by atoms with van der Waals surface area (Å²) in [7, 11) is 0. The summed E-state index contributed by atoms with van der Waals surface area (Å²) in [5.74, 6) is -0.562. The van der Waals surface area contributed by atoms with Gasteiger partial charge in [0.15, 0.2) is 0 Å². The van der Waals surface area contributed by atoms with Crippen molar-refractivity contribution in [3.63, 3.8) is 0 Å². The molecule has 2 aromatic rings. The highest BCUT2D eigenvalue weighted by Crippen LogP contribution is 2.16. The molecule has 1 aromatic heterocycles. The molecule has 0 unspecified atom stereocenters. The first-order valence-corrected chi connectivity index (χ1v) is 4.77. The van der Waals surface area contributed by atoms with Crippen molar-refractivity contribution in [1.82, 2.24) is 10.5 Å². The third kappa shape index (κ3) is 2.07. The van der Waals surface area contributed by atoms with Gasteiger partial charge >= 0.3 is 0 Å². The molecule has 0 aliphatic heterocycles. The number of fused-ring (bicyclic) bond motifs is 1. The molecule has 0 aliphatic rings. The van der Waals surface area contributed by atoms with E-state index in [1.807, 2.05) is 30.3 Å². The molecule has 0 bridgehead atoms. The summed E-state index contributed by atoms with van der Waals surface area (Å²) in [6, 6.07) is 9.50. The average Bonchev–Trinajstić information content (AvgIpc) is 2.35. The number of pyridine rings is 1. The molecule has 16 heavy (non-hydrogen) atoms. The topological polar surface area (TPSA) is 62.2 Å². The number of hydrogen-bond acceptors (Lipinski definition) is 3. The molecule has 0 aliphatic carbocycles. The molecule has 0 saturated heterocycles. The van der Waals surface area contributed by atoms with E-state index in [2.05, 4.69) is 4.98 Å². The molecule has 0 radical (unpaired) electrons. The number of aromatic nitrogens is 1. The minimum atomic E-state index is -0.562. The summed E-state index contributed by atoms with van der Waals surface area (Å²) in [5.41, 5.74) is 3.20. The lowest BCUT2D eigenvalue weighted by molar-refractivity contribution is -0.124. The number of rotatable bonds is 2. The van der Waals surface area contributed by atoms with Crippen LogP contribution >= 0.6 is 0 Å². The fraction of sp³-hybridized carbons (Fsp3) is 0. The molecule has 2 rings (SSSR count). The van der Waals surface area contributed by atoms with E-state index in [4.69, 9.17) is 5.21 Å². The minimum Gasteiger partial charge on any atom is -0.288 e. The van der Waals surface area contributed by atoms with Crippen molar-refractivity contribution >= 4 is 22.9 Å². The van der Waals surface area contributed by atoms with Gasteiger partial charge in [-0.1, -0.05) is 24.3 Å². The molecule has 1 amide bonds. The molecule has 0 spiro atoms. The van der Waals surface area contributed by atoms with Gasteiger partial charge in [-0.15, -0.1) is 0 Å². The standard InChI is InChI=1S/C12H10N2O2/c15-11(14-16)7-6-10-4-1-3-9-5-2-8-13-12(9)10/h1-8,16H,(H,14,15). The van der Waals surface area contributed by atoms with E-state index >= 15 is 0 Å². The molecular formula is C12H10N2O2. The second kappa shape index (κ2) is 4.55. The molecule has 0 saturated carbocycles. The molecule has 0 fully saturated rings. The van der Waals surface area contributed by atoms with Crippen molar-refractivity contribution in [3.05, 3.63) is 48.2 Å². The van der Waals surface area contributed by atoms with Crippen LogP contribution in [-0.2, 0) is 4.79 Å². The largest absolute Gasteiger partial charge is 0.288 e. The number of para-hydroxylation sites is 1. The minimum absolute atomic E-state index is 0.562. The highest BCUT2D eigenvalue weighted by molar-refractivity contribution is 5.94. The smallest absolute Gasteiger partial charge is 0.267 e. The predicted octanol–water partition coefficient (Wildman–Crippen LogP) is 1.75. The normalized spacial score (nSPS) is 10.8. The van der Waals surface area contributed by atoms with Crippen molar-refractivity contribution < 1.29 is 10.0 Å². The first-order valence-electron chi connectivity index (χ1n) is 4.77. The monoisotopic (exact) mass is 214 g/mol. The van der Waals surface area contributed by atoms with Crippen LogP contribution in [0.2, 0.25) is 0 Å². The highest BCUT2D eigenvalue weighted by Gasteiger charge is 1.98. The zero-order valence-corrected chi connectivity index (χ0v) is 8.42. The van der Waals surface area contributed by atoms with Crippen LogP contribution in [0.1, 0.15) is 5.56 Å². The Morgan fingerprint density at radius 3 is 2.94 bits per heavy atom. The van der Waals surface area contributed by atoms with Crippen LogP contribution in [-0.4, -0.2) is 16.1 Å². The number of hydroxylamine groups is 1. The van der Waals surface area contributed by atoms with Crippen LogP contribution in [0, 0.1) is 0 Å². The van der Waals surface area contributed by atoms with Crippen molar-refractivity contribution in [2.45, 2.75) is 0 Å². The average molecular weight is 214 g/mol. The Kier molecular flexibility index (Phi) is 2.93. The van der Waals surface area contributed by atoms with Gasteiger partial charge in [-0.05, 0) is 12.1 Å². The molecule has 2 N–H and O–H groups in total. The van der Waals surface area contributed by atoms with E-state index in [1.165, 1.54) is 11.6 Å². The summed E-state index contributed by atoms with van der Waals surface area (Å²) in [4.78, 5) is 15.1. The summed E-state index contributed by atoms with van der Waals surface area (Å²) in [5, 5.41) is 9.37. The second-order valence-electron chi connectivity index (χ2n) is 3.23. The molecule has 4 nitrogen and oxygen atoms in total. The number of benzene rings is 1. The van der Waals surface area contributed by atoms with Gasteiger partial charge in [-0.25, -0.2) is 5.48 Å². The van der Waals surface area contributed by atoms with E-state index in [0.717, 1.165) is 16.5 Å². The number of carbonyl (C=O) groups excluding carboxylic acids is 1. The predicted molar refractivity (Wildman–Crippen MR) is 60.7 cm³/mol. The maximum Gasteiger partial charge on any atom is 0.267 e.